The van der Waals surface area contributed by atoms with Gasteiger partial charge >= 0.3 is 12.2 Å². The fraction of sp³-hybridized carbons (Fsp3) is 0.0556. The lowest BCUT2D eigenvalue weighted by Crippen LogP contribution is -2.09. The van der Waals surface area contributed by atoms with E-state index in [0.29, 0.717) is 5.71 Å². The predicted molar refractivity (Wildman–Crippen MR) is 95.1 cm³/mol. The van der Waals surface area contributed by atoms with Crippen LogP contribution in [-0.2, 0) is 0 Å². The van der Waals surface area contributed by atoms with Gasteiger partial charge in [0.05, 0.1) is 5.71 Å². The van der Waals surface area contributed by atoms with Crippen molar-refractivity contribution in [1.29, 1.82) is 0 Å². The molecule has 0 aliphatic heterocycles. The SMILES string of the molecule is O=C(O)/N=C/C/C(N=C(c1ccccc1)c1ccccc1)=N\C(=O)O. The largest absolute Gasteiger partial charge is 0.463 e. The van der Waals surface area contributed by atoms with E-state index in [1.807, 2.05) is 60.7 Å². The number of rotatable bonds is 4. The van der Waals surface area contributed by atoms with Crippen molar-refractivity contribution in [2.24, 2.45) is 15.0 Å². The van der Waals surface area contributed by atoms with Gasteiger partial charge in [-0.1, -0.05) is 60.7 Å². The number of hydrogen-bond donors (Lipinski definition) is 2. The number of amidine groups is 1. The van der Waals surface area contributed by atoms with E-state index in [1.165, 1.54) is 0 Å². The Morgan fingerprint density at radius 3 is 1.76 bits per heavy atom. The van der Waals surface area contributed by atoms with E-state index in [0.717, 1.165) is 17.3 Å². The second-order valence-electron chi connectivity index (χ2n) is 4.80. The zero-order valence-corrected chi connectivity index (χ0v) is 13.1. The second kappa shape index (κ2) is 8.88. The molecule has 0 aromatic heterocycles. The van der Waals surface area contributed by atoms with Crippen LogP contribution >= 0.6 is 0 Å². The van der Waals surface area contributed by atoms with Crippen LogP contribution in [0.5, 0.6) is 0 Å². The van der Waals surface area contributed by atoms with E-state index in [2.05, 4.69) is 15.0 Å². The van der Waals surface area contributed by atoms with Gasteiger partial charge in [0.25, 0.3) is 0 Å². The van der Waals surface area contributed by atoms with Crippen LogP contribution in [0.2, 0.25) is 0 Å². The molecular formula is C18H15N3O4. The first-order valence-electron chi connectivity index (χ1n) is 7.31. The molecule has 0 saturated heterocycles. The molecule has 2 rings (SSSR count). The third-order valence-electron chi connectivity index (χ3n) is 3.04. The summed E-state index contributed by atoms with van der Waals surface area (Å²) in [6, 6.07) is 18.5. The van der Waals surface area contributed by atoms with Gasteiger partial charge in [0, 0.05) is 23.8 Å². The first kappa shape index (κ1) is 17.7. The average Bonchev–Trinajstić information content (AvgIpc) is 2.60. The van der Waals surface area contributed by atoms with Crippen LogP contribution in [0.3, 0.4) is 0 Å². The summed E-state index contributed by atoms with van der Waals surface area (Å²) in [7, 11) is 0. The highest BCUT2D eigenvalue weighted by Crippen LogP contribution is 2.12. The van der Waals surface area contributed by atoms with E-state index in [9.17, 15) is 9.59 Å². The Morgan fingerprint density at radius 2 is 1.32 bits per heavy atom. The summed E-state index contributed by atoms with van der Waals surface area (Å²) in [5.74, 6) is -0.0554. The quantitative estimate of drug-likeness (QED) is 0.653. The fourth-order valence-electron chi connectivity index (χ4n) is 2.05. The summed E-state index contributed by atoms with van der Waals surface area (Å²) >= 11 is 0. The molecule has 0 saturated carbocycles. The molecule has 7 heteroatoms. The van der Waals surface area contributed by atoms with Crippen molar-refractivity contribution in [2.45, 2.75) is 6.42 Å². The highest BCUT2D eigenvalue weighted by Gasteiger charge is 2.09. The Labute approximate surface area is 143 Å². The van der Waals surface area contributed by atoms with Crippen LogP contribution in [0.1, 0.15) is 17.5 Å². The van der Waals surface area contributed by atoms with Gasteiger partial charge in [-0.05, 0) is 0 Å². The minimum absolute atomic E-state index is 0.0554. The number of aliphatic imine (C=N–C) groups is 3. The lowest BCUT2D eigenvalue weighted by atomic mass is 10.0. The molecule has 0 spiro atoms. The third kappa shape index (κ3) is 5.83. The molecule has 2 aromatic carbocycles. The first-order chi connectivity index (χ1) is 12.1. The molecule has 0 aliphatic rings. The Bertz CT molecular complexity index is 786. The maximum absolute atomic E-state index is 10.9. The Balaban J connectivity index is 2.49. The molecule has 7 nitrogen and oxygen atoms in total. The van der Waals surface area contributed by atoms with Crippen LogP contribution in [-0.4, -0.2) is 40.2 Å². The maximum atomic E-state index is 10.9. The van der Waals surface area contributed by atoms with Crippen LogP contribution in [0.4, 0.5) is 9.59 Å². The zero-order chi connectivity index (χ0) is 18.1. The number of amides is 2. The molecule has 0 fully saturated rings. The van der Waals surface area contributed by atoms with Crippen LogP contribution in [0, 0.1) is 0 Å². The van der Waals surface area contributed by atoms with E-state index < -0.39 is 12.2 Å². The molecule has 0 heterocycles. The van der Waals surface area contributed by atoms with Gasteiger partial charge < -0.3 is 10.2 Å². The van der Waals surface area contributed by atoms with Crippen LogP contribution in [0.15, 0.2) is 75.6 Å². The monoisotopic (exact) mass is 337 g/mol. The summed E-state index contributed by atoms with van der Waals surface area (Å²) < 4.78 is 0. The van der Waals surface area contributed by atoms with Crippen molar-refractivity contribution in [3.05, 3.63) is 71.8 Å². The summed E-state index contributed by atoms with van der Waals surface area (Å²) in [6.45, 7) is 0. The van der Waals surface area contributed by atoms with E-state index in [1.54, 1.807) is 0 Å². The molecule has 2 amide bonds. The molecule has 0 atom stereocenters. The molecule has 0 unspecified atom stereocenters. The van der Waals surface area contributed by atoms with Crippen molar-refractivity contribution in [3.63, 3.8) is 0 Å². The molecule has 0 radical (unpaired) electrons. The van der Waals surface area contributed by atoms with Crippen molar-refractivity contribution >= 4 is 29.9 Å². The normalized spacial score (nSPS) is 11.3. The fourth-order valence-corrected chi connectivity index (χ4v) is 2.05. The van der Waals surface area contributed by atoms with Crippen molar-refractivity contribution in [2.75, 3.05) is 0 Å². The molecule has 0 bridgehead atoms. The summed E-state index contributed by atoms with van der Waals surface area (Å²) in [6.07, 6.45) is -1.85. The Hall–Kier alpha value is -3.61. The highest BCUT2D eigenvalue weighted by atomic mass is 16.4. The van der Waals surface area contributed by atoms with Crippen molar-refractivity contribution < 1.29 is 19.8 Å². The van der Waals surface area contributed by atoms with Crippen LogP contribution < -0.4 is 0 Å². The number of carboxylic acid groups (broad SMARTS) is 2. The summed E-state index contributed by atoms with van der Waals surface area (Å²) in [5, 5.41) is 17.5. The van der Waals surface area contributed by atoms with Gasteiger partial charge in [0.15, 0.2) is 0 Å². The van der Waals surface area contributed by atoms with Gasteiger partial charge in [0.2, 0.25) is 0 Å². The third-order valence-corrected chi connectivity index (χ3v) is 3.04. The maximum Gasteiger partial charge on any atom is 0.432 e. The van der Waals surface area contributed by atoms with Gasteiger partial charge in [-0.15, -0.1) is 0 Å². The van der Waals surface area contributed by atoms with Crippen molar-refractivity contribution in [1.82, 2.24) is 0 Å². The van der Waals surface area contributed by atoms with Gasteiger partial charge in [-0.3, -0.25) is 0 Å². The molecule has 2 aromatic rings. The summed E-state index contributed by atoms with van der Waals surface area (Å²) in [4.78, 5) is 32.4. The molecular weight excluding hydrogens is 322 g/mol. The van der Waals surface area contributed by atoms with Gasteiger partial charge in [-0.25, -0.2) is 14.6 Å². The Kier molecular flexibility index (Phi) is 6.30. The number of carbonyl (C=O) groups is 2. The molecule has 2 N–H and O–H groups in total. The smallest absolute Gasteiger partial charge is 0.432 e. The minimum atomic E-state index is -1.41. The molecule has 126 valence electrons. The number of hydrogen-bond acceptors (Lipinski definition) is 2. The van der Waals surface area contributed by atoms with Crippen molar-refractivity contribution in [3.8, 4) is 0 Å². The summed E-state index contributed by atoms with van der Waals surface area (Å²) in [5.41, 5.74) is 2.09. The standard InChI is InChI=1S/C18H15N3O4/c22-17(23)19-12-11-15(21-18(24)25)20-16(13-7-3-1-4-8-13)14-9-5-2-6-10-14/h1-10,12H,11H2,(H,22,23)(H,24,25)/b19-12+,21-15+. The number of nitrogens with zero attached hydrogens (tertiary/aromatic N) is 3. The van der Waals surface area contributed by atoms with E-state index in [-0.39, 0.29) is 12.3 Å². The lowest BCUT2D eigenvalue weighted by Gasteiger charge is -2.08. The topological polar surface area (TPSA) is 112 Å². The lowest BCUT2D eigenvalue weighted by molar-refractivity contribution is 0.204. The van der Waals surface area contributed by atoms with Crippen LogP contribution in [0.25, 0.3) is 0 Å². The average molecular weight is 337 g/mol. The second-order valence-corrected chi connectivity index (χ2v) is 4.80. The van der Waals surface area contributed by atoms with E-state index in [4.69, 9.17) is 10.2 Å². The number of benzene rings is 2. The minimum Gasteiger partial charge on any atom is -0.463 e. The highest BCUT2D eigenvalue weighted by molar-refractivity contribution is 6.19. The first-order valence-corrected chi connectivity index (χ1v) is 7.31. The predicted octanol–water partition coefficient (Wildman–Crippen LogP) is 3.74. The van der Waals surface area contributed by atoms with Gasteiger partial charge in [-0.2, -0.15) is 9.98 Å². The Morgan fingerprint density at radius 1 is 0.800 bits per heavy atom. The van der Waals surface area contributed by atoms with E-state index >= 15 is 0 Å². The van der Waals surface area contributed by atoms with Gasteiger partial charge in [0.1, 0.15) is 5.84 Å². The zero-order valence-electron chi connectivity index (χ0n) is 13.1. The molecule has 25 heavy (non-hydrogen) atoms. The molecule has 0 aliphatic carbocycles.